The molecule has 2 aromatic rings. The summed E-state index contributed by atoms with van der Waals surface area (Å²) in [5, 5.41) is 7.59. The monoisotopic (exact) mass is 311 g/mol. The van der Waals surface area contributed by atoms with Crippen molar-refractivity contribution >= 4 is 11.6 Å². The fourth-order valence-electron chi connectivity index (χ4n) is 2.39. The Balaban J connectivity index is 1.70. The zero-order valence-corrected chi connectivity index (χ0v) is 12.2. The molecule has 21 heavy (non-hydrogen) atoms. The molecular weight excluding hydrogens is 297 g/mol. The molecule has 0 spiro atoms. The summed E-state index contributed by atoms with van der Waals surface area (Å²) in [7, 11) is 1.69. The third-order valence-electron chi connectivity index (χ3n) is 3.57. The first kappa shape index (κ1) is 14.4. The van der Waals surface area contributed by atoms with E-state index in [2.05, 4.69) is 15.5 Å². The van der Waals surface area contributed by atoms with E-state index in [-0.39, 0.29) is 18.0 Å². The van der Waals surface area contributed by atoms with Crippen molar-refractivity contribution in [1.82, 2.24) is 15.5 Å². The zero-order chi connectivity index (χ0) is 14.8. The predicted molar refractivity (Wildman–Crippen MR) is 74.7 cm³/mol. The van der Waals surface area contributed by atoms with Crippen molar-refractivity contribution in [3.05, 3.63) is 46.3 Å². The summed E-state index contributed by atoms with van der Waals surface area (Å²) < 4.78 is 23.6. The third kappa shape index (κ3) is 3.23. The molecule has 1 aromatic heterocycles. The van der Waals surface area contributed by atoms with Gasteiger partial charge in [0.15, 0.2) is 5.82 Å². The second kappa shape index (κ2) is 6.09. The number of nitrogens with zero attached hydrogens (tertiary/aromatic N) is 2. The van der Waals surface area contributed by atoms with Crippen molar-refractivity contribution in [3.8, 4) is 0 Å². The van der Waals surface area contributed by atoms with E-state index in [1.807, 2.05) is 0 Å². The highest BCUT2D eigenvalue weighted by molar-refractivity contribution is 6.31. The molecule has 0 bridgehead atoms. The minimum absolute atomic E-state index is 0.0138. The van der Waals surface area contributed by atoms with Crippen LogP contribution >= 0.6 is 11.6 Å². The van der Waals surface area contributed by atoms with E-state index in [9.17, 15) is 4.39 Å². The van der Waals surface area contributed by atoms with Gasteiger partial charge in [-0.05, 0) is 24.1 Å². The van der Waals surface area contributed by atoms with Gasteiger partial charge in [-0.3, -0.25) is 0 Å². The van der Waals surface area contributed by atoms with E-state index in [1.165, 1.54) is 12.1 Å². The first-order valence-electron chi connectivity index (χ1n) is 6.68. The molecule has 2 atom stereocenters. The van der Waals surface area contributed by atoms with Crippen LogP contribution in [0.25, 0.3) is 0 Å². The summed E-state index contributed by atoms with van der Waals surface area (Å²) in [6.45, 7) is 0.767. The fraction of sp³-hybridized carbons (Fsp3) is 0.429. The molecule has 1 aromatic carbocycles. The number of hydrogen-bond acceptors (Lipinski definition) is 5. The van der Waals surface area contributed by atoms with Crippen LogP contribution in [0.15, 0.2) is 22.7 Å². The summed E-state index contributed by atoms with van der Waals surface area (Å²) in [6.07, 6.45) is 1.37. The smallest absolute Gasteiger partial charge is 0.243 e. The van der Waals surface area contributed by atoms with Crippen LogP contribution in [0.5, 0.6) is 0 Å². The van der Waals surface area contributed by atoms with Gasteiger partial charge in [0.1, 0.15) is 5.82 Å². The van der Waals surface area contributed by atoms with Crippen LogP contribution < -0.4 is 5.32 Å². The summed E-state index contributed by atoms with van der Waals surface area (Å²) in [5.41, 5.74) is 0.763. The van der Waals surface area contributed by atoms with Gasteiger partial charge in [-0.15, -0.1) is 0 Å². The maximum absolute atomic E-state index is 13.0. The lowest BCUT2D eigenvalue weighted by Gasteiger charge is -2.04. The lowest BCUT2D eigenvalue weighted by Crippen LogP contribution is -2.16. The molecule has 0 radical (unpaired) electrons. The summed E-state index contributed by atoms with van der Waals surface area (Å²) in [6, 6.07) is 4.28. The molecule has 0 saturated carbocycles. The molecular formula is C14H15ClFN3O2. The number of halogens is 2. The molecule has 1 N–H and O–H groups in total. The Hall–Kier alpha value is -1.50. The van der Waals surface area contributed by atoms with Gasteiger partial charge >= 0.3 is 0 Å². The van der Waals surface area contributed by atoms with Gasteiger partial charge in [0, 0.05) is 25.1 Å². The van der Waals surface area contributed by atoms with Gasteiger partial charge in [0.2, 0.25) is 5.89 Å². The standard InChI is InChI=1S/C14H15ClFN3O2/c1-20-10-6-12(17-7-10)14-18-13(19-21-14)4-8-2-3-9(16)5-11(8)15/h2-3,5,10,12,17H,4,6-7H2,1H3. The van der Waals surface area contributed by atoms with Crippen molar-refractivity contribution in [2.75, 3.05) is 13.7 Å². The van der Waals surface area contributed by atoms with Gasteiger partial charge in [-0.2, -0.15) is 4.98 Å². The Morgan fingerprint density at radius 3 is 3.10 bits per heavy atom. The van der Waals surface area contributed by atoms with Crippen LogP contribution in [0.4, 0.5) is 4.39 Å². The normalized spacial score (nSPS) is 21.9. The fourth-order valence-corrected chi connectivity index (χ4v) is 2.62. The predicted octanol–water partition coefficient (Wildman–Crippen LogP) is 2.50. The van der Waals surface area contributed by atoms with Gasteiger partial charge in [-0.1, -0.05) is 22.8 Å². The molecule has 2 unspecified atom stereocenters. The molecule has 0 amide bonds. The number of aromatic nitrogens is 2. The molecule has 1 aliphatic rings. The number of nitrogens with one attached hydrogen (secondary N) is 1. The SMILES string of the molecule is COC1CNC(c2nc(Cc3ccc(F)cc3Cl)no2)C1. The number of ether oxygens (including phenoxy) is 1. The van der Waals surface area contributed by atoms with E-state index >= 15 is 0 Å². The molecule has 1 saturated heterocycles. The quantitative estimate of drug-likeness (QED) is 0.940. The lowest BCUT2D eigenvalue weighted by atomic mass is 10.1. The minimum Gasteiger partial charge on any atom is -0.380 e. The van der Waals surface area contributed by atoms with Crippen LogP contribution in [0.1, 0.15) is 29.7 Å². The highest BCUT2D eigenvalue weighted by Crippen LogP contribution is 2.24. The number of benzene rings is 1. The molecule has 5 nitrogen and oxygen atoms in total. The van der Waals surface area contributed by atoms with E-state index in [1.54, 1.807) is 13.2 Å². The first-order valence-corrected chi connectivity index (χ1v) is 7.06. The lowest BCUT2D eigenvalue weighted by molar-refractivity contribution is 0.116. The van der Waals surface area contributed by atoms with Crippen LogP contribution in [0.2, 0.25) is 5.02 Å². The average Bonchev–Trinajstić information content (AvgIpc) is 3.10. The number of methoxy groups -OCH3 is 1. The number of hydrogen-bond donors (Lipinski definition) is 1. The topological polar surface area (TPSA) is 60.2 Å². The van der Waals surface area contributed by atoms with Crippen LogP contribution in [0.3, 0.4) is 0 Å². The molecule has 1 fully saturated rings. The first-order chi connectivity index (χ1) is 10.2. The van der Waals surface area contributed by atoms with E-state index < -0.39 is 0 Å². The van der Waals surface area contributed by atoms with Crippen molar-refractivity contribution < 1.29 is 13.7 Å². The molecule has 7 heteroatoms. The van der Waals surface area contributed by atoms with Crippen LogP contribution in [-0.2, 0) is 11.2 Å². The Morgan fingerprint density at radius 1 is 1.52 bits per heavy atom. The van der Waals surface area contributed by atoms with E-state index in [0.717, 1.165) is 18.5 Å². The Bertz CT molecular complexity index is 634. The second-order valence-electron chi connectivity index (χ2n) is 5.02. The molecule has 2 heterocycles. The van der Waals surface area contributed by atoms with Crippen molar-refractivity contribution in [2.24, 2.45) is 0 Å². The van der Waals surface area contributed by atoms with Crippen LogP contribution in [-0.4, -0.2) is 29.9 Å². The Labute approximate surface area is 126 Å². The van der Waals surface area contributed by atoms with Crippen molar-refractivity contribution in [3.63, 3.8) is 0 Å². The zero-order valence-electron chi connectivity index (χ0n) is 11.5. The maximum Gasteiger partial charge on any atom is 0.243 e. The third-order valence-corrected chi connectivity index (χ3v) is 3.92. The summed E-state index contributed by atoms with van der Waals surface area (Å²) in [4.78, 5) is 4.37. The second-order valence-corrected chi connectivity index (χ2v) is 5.42. The highest BCUT2D eigenvalue weighted by atomic mass is 35.5. The molecule has 112 valence electrons. The van der Waals surface area contributed by atoms with E-state index in [0.29, 0.717) is 23.2 Å². The Morgan fingerprint density at radius 2 is 2.38 bits per heavy atom. The summed E-state index contributed by atoms with van der Waals surface area (Å²) >= 11 is 6.00. The number of rotatable bonds is 4. The Kier molecular flexibility index (Phi) is 4.19. The molecule has 0 aliphatic carbocycles. The van der Waals surface area contributed by atoms with Gasteiger partial charge in [-0.25, -0.2) is 4.39 Å². The van der Waals surface area contributed by atoms with Crippen molar-refractivity contribution in [2.45, 2.75) is 25.0 Å². The molecule has 3 rings (SSSR count). The van der Waals surface area contributed by atoms with Gasteiger partial charge < -0.3 is 14.6 Å². The highest BCUT2D eigenvalue weighted by Gasteiger charge is 2.29. The van der Waals surface area contributed by atoms with E-state index in [4.69, 9.17) is 20.9 Å². The van der Waals surface area contributed by atoms with Crippen LogP contribution in [0, 0.1) is 5.82 Å². The minimum atomic E-state index is -0.363. The molecule has 1 aliphatic heterocycles. The largest absolute Gasteiger partial charge is 0.380 e. The maximum atomic E-state index is 13.0. The van der Waals surface area contributed by atoms with Crippen molar-refractivity contribution in [1.29, 1.82) is 0 Å². The van der Waals surface area contributed by atoms with Gasteiger partial charge in [0.25, 0.3) is 0 Å². The average molecular weight is 312 g/mol. The summed E-state index contributed by atoms with van der Waals surface area (Å²) in [5.74, 6) is 0.710. The van der Waals surface area contributed by atoms with Gasteiger partial charge in [0.05, 0.1) is 12.1 Å².